The van der Waals surface area contributed by atoms with E-state index in [4.69, 9.17) is 93.0 Å². The second kappa shape index (κ2) is 46.4. The number of ether oxygens (including phenoxy) is 12. The summed E-state index contributed by atoms with van der Waals surface area (Å²) in [6, 6.07) is 31.7. The van der Waals surface area contributed by atoms with Crippen molar-refractivity contribution < 1.29 is 155 Å². The first-order valence-electron chi connectivity index (χ1n) is 45.2. The number of esters is 4. The third-order valence-electron chi connectivity index (χ3n) is 22.6. The molecule has 8 aromatic rings. The molecule has 0 radical (unpaired) electrons. The monoisotopic (exact) mass is 2120 g/mol. The summed E-state index contributed by atoms with van der Waals surface area (Å²) in [6.45, 7) is 16.6. The molecule has 57 heteroatoms. The van der Waals surface area contributed by atoms with Gasteiger partial charge in [-0.15, -0.1) is 0 Å². The fraction of sp³-hybridized carbons (Fsp3) is 0.500. The number of nitrogens with one attached hydrogen (secondary N) is 8. The number of nitrogens with zero attached hydrogens (tertiary/aromatic N) is 4. The van der Waals surface area contributed by atoms with E-state index in [1.165, 1.54) is 58.4 Å². The Balaban J connectivity index is 0.000000162. The number of carbonyl (C=O) groups is 4. The number of aliphatic hydroxyl groups is 4. The summed E-state index contributed by atoms with van der Waals surface area (Å²) in [5, 5.41) is 53.7. The summed E-state index contributed by atoms with van der Waals surface area (Å²) < 4.78 is 185. The lowest BCUT2D eigenvalue weighted by Gasteiger charge is -2.32. The minimum Gasteiger partial charge on any atom is -0.462 e. The summed E-state index contributed by atoms with van der Waals surface area (Å²) in [7, 11) is -17.0. The zero-order chi connectivity index (χ0) is 105. The lowest BCUT2D eigenvalue weighted by molar-refractivity contribution is -0.185. The van der Waals surface area contributed by atoms with Crippen LogP contribution in [0.15, 0.2) is 203 Å². The summed E-state index contributed by atoms with van der Waals surface area (Å²) in [6.07, 6.45) is -10.9. The van der Waals surface area contributed by atoms with E-state index < -0.39 is 259 Å². The van der Waals surface area contributed by atoms with Crippen molar-refractivity contribution in [2.24, 2.45) is 0 Å². The first-order valence-corrected chi connectivity index (χ1v) is 51.4. The van der Waals surface area contributed by atoms with Crippen molar-refractivity contribution in [3.63, 3.8) is 0 Å². The Morgan fingerprint density at radius 1 is 0.352 bits per heavy atom. The number of H-pyrrole nitrogens is 4. The predicted octanol–water partition coefficient (Wildman–Crippen LogP) is 2.93. The zero-order valence-electron chi connectivity index (χ0n) is 79.7. The fourth-order valence-corrected chi connectivity index (χ4v) is 21.8. The molecular weight excluding hydrogens is 2010 g/mol. The Hall–Kier alpha value is -11.3. The highest BCUT2D eigenvalue weighted by molar-refractivity contribution is 7.53. The highest BCUT2D eigenvalue weighted by atomic mass is 31.2. The maximum absolute atomic E-state index is 13.8. The van der Waals surface area contributed by atoms with Gasteiger partial charge in [-0.25, -0.2) is 37.4 Å². The molecule has 5 unspecified atom stereocenters. The number of aromatic amines is 4. The average Bonchev–Trinajstić information content (AvgIpc) is 1.59. The maximum Gasteiger partial charge on any atom is 0.459 e. The first-order chi connectivity index (χ1) is 68.5. The van der Waals surface area contributed by atoms with Crippen LogP contribution in [0.2, 0.25) is 0 Å². The molecule has 8 saturated heterocycles. The lowest BCUT2D eigenvalue weighted by atomic mass is 10.0. The van der Waals surface area contributed by atoms with Gasteiger partial charge in [0.05, 0.1) is 83.5 Å². The minimum atomic E-state index is -4.30. The van der Waals surface area contributed by atoms with E-state index in [-0.39, 0.29) is 67.7 Å². The van der Waals surface area contributed by atoms with Crippen molar-refractivity contribution in [1.82, 2.24) is 58.6 Å². The number of hydrogen-bond acceptors (Lipinski definition) is 40. The van der Waals surface area contributed by atoms with Crippen molar-refractivity contribution in [2.75, 3.05) is 52.9 Å². The molecular formula is C88H111FN12O40P4. The Kier molecular flexibility index (Phi) is 35.5. The number of rotatable bonds is 40. The zero-order valence-corrected chi connectivity index (χ0v) is 83.3. The summed E-state index contributed by atoms with van der Waals surface area (Å²) >= 11 is 0. The van der Waals surface area contributed by atoms with Crippen LogP contribution in [0.1, 0.15) is 108 Å². The normalized spacial score (nSPS) is 27.4. The van der Waals surface area contributed by atoms with Crippen LogP contribution in [0, 0.1) is 5.82 Å². The Morgan fingerprint density at radius 2 is 0.566 bits per heavy atom. The Morgan fingerprint density at radius 3 is 0.779 bits per heavy atom. The summed E-state index contributed by atoms with van der Waals surface area (Å²) in [5.41, 5.74) is -12.3. The van der Waals surface area contributed by atoms with E-state index in [2.05, 4.69) is 35.3 Å². The van der Waals surface area contributed by atoms with Crippen LogP contribution in [0.5, 0.6) is 23.0 Å². The van der Waals surface area contributed by atoms with Gasteiger partial charge in [0.2, 0.25) is 5.82 Å². The van der Waals surface area contributed by atoms with Crippen molar-refractivity contribution in [3.8, 4) is 23.0 Å². The molecule has 8 fully saturated rings. The number of carbonyl (C=O) groups excluding carboxylic acids is 4. The van der Waals surface area contributed by atoms with Crippen LogP contribution in [0.3, 0.4) is 0 Å². The van der Waals surface area contributed by atoms with E-state index in [0.717, 1.165) is 36.5 Å². The minimum absolute atomic E-state index is 0.121. The second-order valence-corrected chi connectivity index (χ2v) is 42.2. The van der Waals surface area contributed by atoms with Gasteiger partial charge in [-0.3, -0.25) is 94.7 Å². The molecule has 0 saturated carbocycles. The lowest BCUT2D eigenvalue weighted by Crippen LogP contribution is -2.46. The number of benzene rings is 4. The van der Waals surface area contributed by atoms with Crippen LogP contribution in [-0.4, -0.2) is 255 Å². The van der Waals surface area contributed by atoms with Crippen LogP contribution in [0.25, 0.3) is 0 Å². The number of fused-ring (bicyclic) bond motifs is 8. The third-order valence-corrected chi connectivity index (χ3v) is 29.1. The molecule has 52 nitrogen and oxygen atoms in total. The van der Waals surface area contributed by atoms with Gasteiger partial charge in [0, 0.05) is 36.8 Å². The molecule has 8 bridgehead atoms. The molecule has 0 aliphatic carbocycles. The highest BCUT2D eigenvalue weighted by Gasteiger charge is 2.67. The van der Waals surface area contributed by atoms with Crippen molar-refractivity contribution >= 4 is 54.9 Å². The molecule has 16 rings (SSSR count). The van der Waals surface area contributed by atoms with E-state index in [0.29, 0.717) is 6.20 Å². The van der Waals surface area contributed by atoms with E-state index in [1.54, 1.807) is 165 Å². The van der Waals surface area contributed by atoms with Crippen LogP contribution >= 0.6 is 31.0 Å². The van der Waals surface area contributed by atoms with Crippen LogP contribution < -0.4 is 83.4 Å². The maximum atomic E-state index is 13.8. The van der Waals surface area contributed by atoms with Gasteiger partial charge in [-0.2, -0.15) is 24.7 Å². The quantitative estimate of drug-likeness (QED) is 0.0149. The Bertz CT molecular complexity index is 6150. The molecule has 8 aliphatic heterocycles. The topological polar surface area (TPSA) is 670 Å². The van der Waals surface area contributed by atoms with E-state index in [9.17, 15) is 101 Å². The van der Waals surface area contributed by atoms with Gasteiger partial charge in [0.1, 0.15) is 118 Å². The summed E-state index contributed by atoms with van der Waals surface area (Å²) in [4.78, 5) is 152. The third kappa shape index (κ3) is 26.7. The van der Waals surface area contributed by atoms with E-state index >= 15 is 0 Å². The molecule has 4 aromatic carbocycles. The molecule has 24 atom stereocenters. The number of hydrogen-bond donors (Lipinski definition) is 12. The van der Waals surface area contributed by atoms with Gasteiger partial charge in [-0.1, -0.05) is 72.8 Å². The number of halogens is 1. The first kappa shape index (κ1) is 111. The van der Waals surface area contributed by atoms with Gasteiger partial charge >= 0.3 is 77.6 Å². The smallest absolute Gasteiger partial charge is 0.459 e. The SMILES string of the molecule is CC(C)OC(=O)C(C)NP(=O)(OC[C@@]12CO[C@@H]([C@H](n3cc(F)c(=O)[nH]c3=O)O1)[C@@H]2O)Oc1ccccc1.CC(C)OC(=O)[C@@H](C)N[P@](=O)(OC[C@@]12CO[C@@H](C(n3ccc(=O)[nH]c3=O)O1)[C@@H]2O)Oc1ccccc1.CC(C)OC(=O)[C@H](C)N[P@@](=O)(OC[C@@]12CO[C@@H](C(n3ccc(=O)[nH]c3=O)O1)[C@@H]2O)Oc1ccccc1.CC(C)OC(=O)[C@H](C)N[P@](=O)(OC[C@@]12CO[C@@H](C(n3ccc(=O)[nH]c3=O)O1)[C@@H]2O)Oc1ccccc1. The molecule has 4 aromatic heterocycles. The van der Waals surface area contributed by atoms with Gasteiger partial charge < -0.3 is 95.4 Å². The number of para-hydroxylation sites is 4. The number of aliphatic hydroxyl groups excluding tert-OH is 4. The van der Waals surface area contributed by atoms with E-state index in [1.807, 2.05) is 4.98 Å². The molecule has 12 heterocycles. The molecule has 145 heavy (non-hydrogen) atoms. The molecule has 0 amide bonds. The second-order valence-electron chi connectivity index (χ2n) is 35.4. The molecule has 12 N–H and O–H groups in total. The standard InChI is InChI=1S/C22H27FN3O10P.3C22H28N3O10P/c1-12(2)34-20(29)13(3)25-37(31,36-14-7-5-4-6-8-14)33-11-22-10-32-16(17(22)27)19(35-22)26-9-15(23)18(28)24-21(26)30;3*1-13(2)33-20(28)14(3)24-36(30,35-15-7-5-4-6-8-15)32-12-22-11-31-17(18(22)27)19(34-22)25-10-9-16(26)23-21(25)29/h4-9,12-13,16-17,19,27H,10-11H2,1-3H3,(H,25,31)(H,24,28,30);3*4-10,13-14,17-19,27H,11-12H2,1-3H3,(H,24,30)(H,23,26,29)/t13?,16-,17+,19-,22-,37?;14-,17+,18-,19?,22+,36+;14-,17+,18-,19?,22+,36-;14-,17-,18+,19?,22-,36+/m1001/s1. The Labute approximate surface area is 822 Å². The fourth-order valence-electron chi connectivity index (χ4n) is 15.6. The largest absolute Gasteiger partial charge is 0.462 e. The number of aromatic nitrogens is 8. The summed E-state index contributed by atoms with van der Waals surface area (Å²) in [5.74, 6) is -3.13. The van der Waals surface area contributed by atoms with Gasteiger partial charge in [0.25, 0.3) is 22.2 Å². The molecule has 0 spiro atoms. The predicted molar refractivity (Wildman–Crippen MR) is 497 cm³/mol. The van der Waals surface area contributed by atoms with Gasteiger partial charge in [0.15, 0.2) is 24.9 Å². The highest BCUT2D eigenvalue weighted by Crippen LogP contribution is 2.56. The molecule has 8 aliphatic rings. The van der Waals surface area contributed by atoms with Gasteiger partial charge in [-0.05, 0) is 132 Å². The van der Waals surface area contributed by atoms with Crippen molar-refractivity contribution in [3.05, 3.63) is 253 Å². The van der Waals surface area contributed by atoms with Crippen molar-refractivity contribution in [2.45, 2.75) is 228 Å². The van der Waals surface area contributed by atoms with Crippen LogP contribution in [-0.2, 0) is 112 Å². The average molecular weight is 2120 g/mol. The van der Waals surface area contributed by atoms with Crippen LogP contribution in [0.4, 0.5) is 4.39 Å². The van der Waals surface area contributed by atoms with Crippen molar-refractivity contribution in [1.29, 1.82) is 0 Å². The molecule has 790 valence electrons.